The Bertz CT molecular complexity index is 1270. The summed E-state index contributed by atoms with van der Waals surface area (Å²) in [5.41, 5.74) is -0.220. The van der Waals surface area contributed by atoms with Gasteiger partial charge in [-0.05, 0) is 38.5 Å². The zero-order valence-electron chi connectivity index (χ0n) is 18.3. The fraction of sp³-hybridized carbons (Fsp3) is 0.350. The molecule has 0 unspecified atom stereocenters. The predicted octanol–water partition coefficient (Wildman–Crippen LogP) is 2.29. The largest absolute Gasteiger partial charge is 0.467 e. The van der Waals surface area contributed by atoms with E-state index in [2.05, 4.69) is 25.1 Å². The maximum absolute atomic E-state index is 15.0. The van der Waals surface area contributed by atoms with Crippen LogP contribution in [-0.2, 0) is 13.2 Å². The van der Waals surface area contributed by atoms with Gasteiger partial charge in [-0.25, -0.2) is 9.18 Å². The first-order chi connectivity index (χ1) is 16.0. The van der Waals surface area contributed by atoms with Crippen LogP contribution in [0.2, 0.25) is 0 Å². The van der Waals surface area contributed by atoms with Gasteiger partial charge < -0.3 is 15.2 Å². The Hall–Kier alpha value is -3.81. The molecule has 10 nitrogen and oxygen atoms in total. The second-order valence-corrected chi connectivity index (χ2v) is 7.11. The standard InChI is InChI=1S/C20H20F4N6O4/c1-4-29-14(8-31)28-30(19(29)33)16-13(21)7-12(18(27-16)34-9-20(22,23)24)17(32)26-15-10(2)5-6-25-11(15)3/h5-7,31H,4,8-9H2,1-3H3,(H,26,32). The zero-order valence-corrected chi connectivity index (χ0v) is 18.3. The van der Waals surface area contributed by atoms with Crippen molar-refractivity contribution in [1.29, 1.82) is 0 Å². The van der Waals surface area contributed by atoms with Crippen molar-refractivity contribution in [3.63, 3.8) is 0 Å². The van der Waals surface area contributed by atoms with E-state index in [0.29, 0.717) is 22.0 Å². The molecule has 1 amide bonds. The highest BCUT2D eigenvalue weighted by atomic mass is 19.4. The van der Waals surface area contributed by atoms with Crippen LogP contribution in [0.4, 0.5) is 23.2 Å². The van der Waals surface area contributed by atoms with Crippen LogP contribution < -0.4 is 15.7 Å². The average molecular weight is 484 g/mol. The molecule has 14 heteroatoms. The van der Waals surface area contributed by atoms with Crippen LogP contribution in [0.25, 0.3) is 5.82 Å². The quantitative estimate of drug-likeness (QED) is 0.493. The van der Waals surface area contributed by atoms with Gasteiger partial charge in [0.05, 0.1) is 11.4 Å². The van der Waals surface area contributed by atoms with Crippen LogP contribution in [0.1, 0.15) is 34.4 Å². The van der Waals surface area contributed by atoms with Gasteiger partial charge in [0.15, 0.2) is 24.1 Å². The number of alkyl halides is 3. The fourth-order valence-corrected chi connectivity index (χ4v) is 3.11. The van der Waals surface area contributed by atoms with Crippen molar-refractivity contribution < 1.29 is 32.2 Å². The maximum Gasteiger partial charge on any atom is 0.422 e. The number of aliphatic hydroxyl groups excluding tert-OH is 1. The van der Waals surface area contributed by atoms with Crippen molar-refractivity contribution in [3.8, 4) is 11.7 Å². The number of halogens is 4. The lowest BCUT2D eigenvalue weighted by atomic mass is 10.1. The van der Waals surface area contributed by atoms with Gasteiger partial charge in [0.2, 0.25) is 5.88 Å². The van der Waals surface area contributed by atoms with Gasteiger partial charge in [-0.3, -0.25) is 14.3 Å². The molecule has 0 aliphatic rings. The third-order valence-electron chi connectivity index (χ3n) is 4.72. The minimum absolute atomic E-state index is 0.0814. The number of rotatable bonds is 7. The fourth-order valence-electron chi connectivity index (χ4n) is 3.11. The molecule has 0 spiro atoms. The summed E-state index contributed by atoms with van der Waals surface area (Å²) in [6, 6.07) is 2.20. The van der Waals surface area contributed by atoms with Crippen molar-refractivity contribution in [2.24, 2.45) is 0 Å². The molecular formula is C20H20F4N6O4. The summed E-state index contributed by atoms with van der Waals surface area (Å²) >= 11 is 0. The van der Waals surface area contributed by atoms with Crippen molar-refractivity contribution >= 4 is 11.6 Å². The van der Waals surface area contributed by atoms with E-state index in [1.165, 1.54) is 6.20 Å². The van der Waals surface area contributed by atoms with E-state index in [1.54, 1.807) is 26.8 Å². The predicted molar refractivity (Wildman–Crippen MR) is 110 cm³/mol. The number of nitrogens with one attached hydrogen (secondary N) is 1. The Morgan fingerprint density at radius 3 is 2.56 bits per heavy atom. The van der Waals surface area contributed by atoms with Gasteiger partial charge in [0, 0.05) is 12.7 Å². The van der Waals surface area contributed by atoms with Gasteiger partial charge in [0.1, 0.15) is 12.2 Å². The summed E-state index contributed by atoms with van der Waals surface area (Å²) in [4.78, 5) is 33.1. The highest BCUT2D eigenvalue weighted by molar-refractivity contribution is 6.06. The van der Waals surface area contributed by atoms with Gasteiger partial charge in [-0.2, -0.15) is 22.8 Å². The molecule has 2 N–H and O–H groups in total. The highest BCUT2D eigenvalue weighted by Crippen LogP contribution is 2.26. The number of amides is 1. The molecule has 0 bridgehead atoms. The number of carbonyl (C=O) groups is 1. The maximum atomic E-state index is 15.0. The third kappa shape index (κ3) is 5.06. The molecule has 0 saturated heterocycles. The number of aromatic nitrogens is 5. The van der Waals surface area contributed by atoms with Gasteiger partial charge in [-0.15, -0.1) is 5.10 Å². The molecule has 34 heavy (non-hydrogen) atoms. The Labute approximate surface area is 189 Å². The Morgan fingerprint density at radius 2 is 2.00 bits per heavy atom. The lowest BCUT2D eigenvalue weighted by Gasteiger charge is -2.15. The first-order valence-electron chi connectivity index (χ1n) is 9.90. The molecule has 182 valence electrons. The van der Waals surface area contributed by atoms with Crippen LogP contribution in [-0.4, -0.2) is 48.1 Å². The summed E-state index contributed by atoms with van der Waals surface area (Å²) in [6.07, 6.45) is -3.28. The van der Waals surface area contributed by atoms with Crippen LogP contribution >= 0.6 is 0 Å². The van der Waals surface area contributed by atoms with E-state index in [4.69, 9.17) is 0 Å². The summed E-state index contributed by atoms with van der Waals surface area (Å²) < 4.78 is 59.6. The summed E-state index contributed by atoms with van der Waals surface area (Å²) in [5.74, 6) is -4.01. The summed E-state index contributed by atoms with van der Waals surface area (Å²) in [7, 11) is 0. The van der Waals surface area contributed by atoms with Crippen LogP contribution in [0.3, 0.4) is 0 Å². The lowest BCUT2D eigenvalue weighted by molar-refractivity contribution is -0.154. The lowest BCUT2D eigenvalue weighted by Crippen LogP contribution is -2.27. The Kier molecular flexibility index (Phi) is 7.00. The van der Waals surface area contributed by atoms with Crippen molar-refractivity contribution in [1.82, 2.24) is 24.3 Å². The molecule has 0 atom stereocenters. The number of ether oxygens (including phenoxy) is 1. The molecule has 0 fully saturated rings. The number of anilines is 1. The zero-order chi connectivity index (χ0) is 25.2. The average Bonchev–Trinajstić information content (AvgIpc) is 3.09. The van der Waals surface area contributed by atoms with Crippen molar-refractivity contribution in [2.45, 2.75) is 40.1 Å². The van der Waals surface area contributed by atoms with Crippen molar-refractivity contribution in [2.75, 3.05) is 11.9 Å². The van der Waals surface area contributed by atoms with E-state index in [1.807, 2.05) is 0 Å². The number of aliphatic hydroxyl groups is 1. The summed E-state index contributed by atoms with van der Waals surface area (Å²) in [6.45, 7) is 2.45. The topological polar surface area (TPSA) is 124 Å². The number of hydrogen-bond acceptors (Lipinski definition) is 7. The third-order valence-corrected chi connectivity index (χ3v) is 4.72. The Morgan fingerprint density at radius 1 is 1.29 bits per heavy atom. The minimum Gasteiger partial charge on any atom is -0.467 e. The minimum atomic E-state index is -4.79. The van der Waals surface area contributed by atoms with Crippen molar-refractivity contribution in [3.05, 3.63) is 57.3 Å². The van der Waals surface area contributed by atoms with Gasteiger partial charge >= 0.3 is 11.9 Å². The number of hydrogen-bond donors (Lipinski definition) is 2. The molecule has 0 aromatic carbocycles. The molecular weight excluding hydrogens is 464 g/mol. The number of aryl methyl sites for hydroxylation is 2. The second-order valence-electron chi connectivity index (χ2n) is 7.11. The van der Waals surface area contributed by atoms with E-state index in [-0.39, 0.29) is 18.1 Å². The van der Waals surface area contributed by atoms with E-state index in [0.717, 1.165) is 4.57 Å². The van der Waals surface area contributed by atoms with E-state index < -0.39 is 54.1 Å². The molecule has 0 radical (unpaired) electrons. The highest BCUT2D eigenvalue weighted by Gasteiger charge is 2.31. The molecule has 3 aromatic rings. The number of carbonyl (C=O) groups excluding carboxylic acids is 1. The molecule has 0 saturated carbocycles. The van der Waals surface area contributed by atoms with Crippen LogP contribution in [0.15, 0.2) is 23.1 Å². The Balaban J connectivity index is 2.12. The first kappa shape index (κ1) is 24.8. The first-order valence-corrected chi connectivity index (χ1v) is 9.90. The van der Waals surface area contributed by atoms with Gasteiger partial charge in [0.25, 0.3) is 5.91 Å². The monoisotopic (exact) mass is 484 g/mol. The molecule has 3 rings (SSSR count). The summed E-state index contributed by atoms with van der Waals surface area (Å²) in [5, 5.41) is 15.6. The number of nitrogens with zero attached hydrogens (tertiary/aromatic N) is 5. The normalized spacial score (nSPS) is 11.5. The molecule has 0 aliphatic carbocycles. The van der Waals surface area contributed by atoms with Gasteiger partial charge in [-0.1, -0.05) is 0 Å². The SMILES string of the molecule is CCn1c(CO)nn(-c2nc(OCC(F)(F)F)c(C(=O)Nc3c(C)ccnc3C)cc2F)c1=O. The van der Waals surface area contributed by atoms with E-state index in [9.17, 15) is 32.3 Å². The molecule has 3 heterocycles. The number of pyridine rings is 2. The second kappa shape index (κ2) is 9.59. The van der Waals surface area contributed by atoms with Crippen LogP contribution in [0, 0.1) is 19.7 Å². The van der Waals surface area contributed by atoms with E-state index >= 15 is 0 Å². The van der Waals surface area contributed by atoms with Crippen LogP contribution in [0.5, 0.6) is 5.88 Å². The smallest absolute Gasteiger partial charge is 0.422 e. The molecule has 0 aliphatic heterocycles. The molecule has 3 aromatic heterocycles.